The predicted octanol–water partition coefficient (Wildman–Crippen LogP) is 0.328. The summed E-state index contributed by atoms with van der Waals surface area (Å²) in [4.78, 5) is 4.32. The lowest BCUT2D eigenvalue weighted by Gasteiger charge is -2.00. The van der Waals surface area contributed by atoms with Crippen LogP contribution in [0.15, 0.2) is 0 Å². The molecule has 2 unspecified atom stereocenters. The van der Waals surface area contributed by atoms with Gasteiger partial charge >= 0.3 is 0 Å². The smallest absolute Gasteiger partial charge is 0.167 e. The predicted molar refractivity (Wildman–Crippen MR) is 47.2 cm³/mol. The highest BCUT2D eigenvalue weighted by Crippen LogP contribution is 2.22. The molecule has 5 heteroatoms. The minimum atomic E-state index is -0.104. The van der Waals surface area contributed by atoms with Gasteiger partial charge in [-0.2, -0.15) is 5.10 Å². The molecule has 0 saturated carbocycles. The third-order valence-corrected chi connectivity index (χ3v) is 2.24. The molecule has 5 nitrogen and oxygen atoms in total. The van der Waals surface area contributed by atoms with E-state index in [-0.39, 0.29) is 6.04 Å². The fourth-order valence-electron chi connectivity index (χ4n) is 1.42. The van der Waals surface area contributed by atoms with Gasteiger partial charge in [0, 0.05) is 12.5 Å². The Morgan fingerprint density at radius 2 is 2.54 bits per heavy atom. The molecule has 0 spiro atoms. The van der Waals surface area contributed by atoms with Crippen LogP contribution in [0.3, 0.4) is 0 Å². The number of rotatable bonds is 2. The van der Waals surface area contributed by atoms with Crippen LogP contribution < -0.4 is 5.73 Å². The van der Waals surface area contributed by atoms with Crippen LogP contribution in [0.4, 0.5) is 0 Å². The monoisotopic (exact) mass is 182 g/mol. The molecule has 0 amide bonds. The molecule has 0 aliphatic carbocycles. The normalized spacial score (nSPS) is 24.9. The second kappa shape index (κ2) is 3.43. The molecule has 0 radical (unpaired) electrons. The van der Waals surface area contributed by atoms with Crippen molar-refractivity contribution < 1.29 is 4.74 Å². The van der Waals surface area contributed by atoms with Crippen LogP contribution in [0, 0.1) is 0 Å². The topological polar surface area (TPSA) is 76.8 Å². The van der Waals surface area contributed by atoms with Crippen LogP contribution in [0.1, 0.15) is 37.0 Å². The number of hydrogen-bond acceptors (Lipinski definition) is 4. The van der Waals surface area contributed by atoms with E-state index in [0.29, 0.717) is 11.7 Å². The summed E-state index contributed by atoms with van der Waals surface area (Å²) in [6.45, 7) is 3.44. The molecule has 1 aliphatic rings. The third kappa shape index (κ3) is 1.71. The van der Waals surface area contributed by atoms with E-state index in [0.717, 1.165) is 25.5 Å². The van der Waals surface area contributed by atoms with Crippen molar-refractivity contribution in [3.8, 4) is 0 Å². The summed E-state index contributed by atoms with van der Waals surface area (Å²) in [5.41, 5.74) is 5.65. The Morgan fingerprint density at radius 1 is 1.69 bits per heavy atom. The maximum atomic E-state index is 5.65. The fourth-order valence-corrected chi connectivity index (χ4v) is 1.42. The fraction of sp³-hybridized carbons (Fsp3) is 0.750. The average molecular weight is 182 g/mol. The zero-order chi connectivity index (χ0) is 9.26. The van der Waals surface area contributed by atoms with Gasteiger partial charge in [-0.05, 0) is 13.3 Å². The van der Waals surface area contributed by atoms with Crippen molar-refractivity contribution in [1.29, 1.82) is 0 Å². The molecular formula is C8H14N4O. The van der Waals surface area contributed by atoms with Crippen molar-refractivity contribution >= 4 is 0 Å². The van der Waals surface area contributed by atoms with Gasteiger partial charge in [0.25, 0.3) is 0 Å². The first-order valence-corrected chi connectivity index (χ1v) is 4.53. The van der Waals surface area contributed by atoms with Crippen molar-refractivity contribution in [3.05, 3.63) is 11.6 Å². The zero-order valence-electron chi connectivity index (χ0n) is 7.66. The van der Waals surface area contributed by atoms with E-state index in [1.165, 1.54) is 0 Å². The summed E-state index contributed by atoms with van der Waals surface area (Å²) < 4.78 is 5.26. The van der Waals surface area contributed by atoms with Crippen LogP contribution in [0.5, 0.6) is 0 Å². The molecule has 2 atom stereocenters. The number of H-pyrrole nitrogens is 1. The number of nitrogens with one attached hydrogen (secondary N) is 1. The second-order valence-corrected chi connectivity index (χ2v) is 3.43. The maximum absolute atomic E-state index is 5.65. The van der Waals surface area contributed by atoms with E-state index in [2.05, 4.69) is 15.2 Å². The Morgan fingerprint density at radius 3 is 3.08 bits per heavy atom. The van der Waals surface area contributed by atoms with Gasteiger partial charge in [0.1, 0.15) is 5.82 Å². The summed E-state index contributed by atoms with van der Waals surface area (Å²) in [5.74, 6) is 1.96. The van der Waals surface area contributed by atoms with Crippen molar-refractivity contribution in [2.45, 2.75) is 25.3 Å². The van der Waals surface area contributed by atoms with Gasteiger partial charge in [-0.3, -0.25) is 5.10 Å². The zero-order valence-corrected chi connectivity index (χ0v) is 7.66. The molecule has 1 aromatic heterocycles. The highest BCUT2D eigenvalue weighted by molar-refractivity contribution is 5.01. The number of aromatic amines is 1. The first kappa shape index (κ1) is 8.65. The third-order valence-electron chi connectivity index (χ3n) is 2.24. The molecule has 2 rings (SSSR count). The van der Waals surface area contributed by atoms with Crippen LogP contribution in [-0.4, -0.2) is 28.4 Å². The molecule has 3 N–H and O–H groups in total. The minimum Gasteiger partial charge on any atom is -0.381 e. The number of ether oxygens (including phenoxy) is 1. The quantitative estimate of drug-likeness (QED) is 0.691. The van der Waals surface area contributed by atoms with Crippen molar-refractivity contribution in [2.24, 2.45) is 5.73 Å². The van der Waals surface area contributed by atoms with Gasteiger partial charge in [-0.15, -0.1) is 0 Å². The Labute approximate surface area is 76.7 Å². The van der Waals surface area contributed by atoms with Gasteiger partial charge < -0.3 is 10.5 Å². The van der Waals surface area contributed by atoms with E-state index >= 15 is 0 Å². The molecule has 1 aromatic rings. The summed E-state index contributed by atoms with van der Waals surface area (Å²) in [6.07, 6.45) is 1.02. The Hall–Kier alpha value is -0.940. The number of aromatic nitrogens is 3. The first-order chi connectivity index (χ1) is 6.27. The lowest BCUT2D eigenvalue weighted by molar-refractivity contribution is 0.193. The first-order valence-electron chi connectivity index (χ1n) is 4.53. The van der Waals surface area contributed by atoms with E-state index in [4.69, 9.17) is 10.5 Å². The van der Waals surface area contributed by atoms with Crippen molar-refractivity contribution in [1.82, 2.24) is 15.2 Å². The molecular weight excluding hydrogens is 168 g/mol. The molecule has 1 fully saturated rings. The van der Waals surface area contributed by atoms with Crippen LogP contribution >= 0.6 is 0 Å². The van der Waals surface area contributed by atoms with E-state index in [9.17, 15) is 0 Å². The lowest BCUT2D eigenvalue weighted by atomic mass is 10.1. The van der Waals surface area contributed by atoms with Crippen molar-refractivity contribution in [2.75, 3.05) is 13.2 Å². The molecule has 0 aromatic carbocycles. The number of hydrogen-bond donors (Lipinski definition) is 2. The van der Waals surface area contributed by atoms with E-state index in [1.54, 1.807) is 0 Å². The highest BCUT2D eigenvalue weighted by atomic mass is 16.5. The number of nitrogens with zero attached hydrogens (tertiary/aromatic N) is 2. The minimum absolute atomic E-state index is 0.104. The molecule has 1 saturated heterocycles. The Bertz CT molecular complexity index is 277. The van der Waals surface area contributed by atoms with Gasteiger partial charge in [0.2, 0.25) is 0 Å². The van der Waals surface area contributed by atoms with Crippen molar-refractivity contribution in [3.63, 3.8) is 0 Å². The Kier molecular flexibility index (Phi) is 2.28. The van der Waals surface area contributed by atoms with E-state index < -0.39 is 0 Å². The molecule has 0 bridgehead atoms. The van der Waals surface area contributed by atoms with Gasteiger partial charge in [-0.25, -0.2) is 4.98 Å². The van der Waals surface area contributed by atoms with E-state index in [1.807, 2.05) is 6.92 Å². The summed E-state index contributed by atoms with van der Waals surface area (Å²) in [5, 5.41) is 6.95. The summed E-state index contributed by atoms with van der Waals surface area (Å²) in [6, 6.07) is -0.104. The average Bonchev–Trinajstić information content (AvgIpc) is 2.75. The molecule has 13 heavy (non-hydrogen) atoms. The Balaban J connectivity index is 2.12. The largest absolute Gasteiger partial charge is 0.381 e. The van der Waals surface area contributed by atoms with Crippen LogP contribution in [0.25, 0.3) is 0 Å². The number of nitrogens with two attached hydrogens (primary N) is 1. The van der Waals surface area contributed by atoms with Crippen LogP contribution in [-0.2, 0) is 4.74 Å². The van der Waals surface area contributed by atoms with Crippen LogP contribution in [0.2, 0.25) is 0 Å². The van der Waals surface area contributed by atoms with Gasteiger partial charge in [0.05, 0.1) is 12.6 Å². The standard InChI is InChI=1S/C8H14N4O/c1-5(9)7-10-8(12-11-7)6-2-3-13-4-6/h5-6H,2-4,9H2,1H3,(H,10,11,12). The maximum Gasteiger partial charge on any atom is 0.167 e. The molecule has 72 valence electrons. The summed E-state index contributed by atoms with van der Waals surface area (Å²) in [7, 11) is 0. The lowest BCUT2D eigenvalue weighted by Crippen LogP contribution is -2.07. The van der Waals surface area contributed by atoms with Gasteiger partial charge in [0.15, 0.2) is 5.82 Å². The van der Waals surface area contributed by atoms with Gasteiger partial charge in [-0.1, -0.05) is 0 Å². The SMILES string of the molecule is CC(N)c1n[nH]c(C2CCOC2)n1. The summed E-state index contributed by atoms with van der Waals surface area (Å²) >= 11 is 0. The second-order valence-electron chi connectivity index (χ2n) is 3.43. The molecule has 1 aliphatic heterocycles. The highest BCUT2D eigenvalue weighted by Gasteiger charge is 2.21. The molecule has 2 heterocycles.